The largest absolute Gasteiger partial charge is 0.491 e. The number of thiazole rings is 1. The fraction of sp³-hybridized carbons (Fsp3) is 0.646. The number of benzene rings is 1. The Bertz CT molecular complexity index is 2290. The van der Waals surface area contributed by atoms with Gasteiger partial charge in [0.1, 0.15) is 53.0 Å². The van der Waals surface area contributed by atoms with E-state index >= 15 is 0 Å². The molecule has 16 nitrogen and oxygen atoms in total. The van der Waals surface area contributed by atoms with Crippen LogP contribution in [0.1, 0.15) is 84.0 Å². The number of methoxy groups -OCH3 is 1. The highest BCUT2D eigenvalue weighted by atomic mass is 35.5. The maximum absolute atomic E-state index is 14.9. The van der Waals surface area contributed by atoms with E-state index in [9.17, 15) is 32.3 Å². The molecule has 6 aliphatic rings. The van der Waals surface area contributed by atoms with Crippen LogP contribution in [0.2, 0.25) is 5.02 Å². The number of alkyl carbamates (subject to hydrolysis) is 1. The number of rotatable bonds is 17. The number of aromatic nitrogens is 1. The summed E-state index contributed by atoms with van der Waals surface area (Å²) in [6, 6.07) is 0.911. The number of amides is 3. The molecule has 5 fully saturated rings. The van der Waals surface area contributed by atoms with Crippen LogP contribution < -0.4 is 26.0 Å². The fourth-order valence-electron chi connectivity index (χ4n) is 10.1. The Morgan fingerprint density at radius 3 is 2.39 bits per heavy atom. The van der Waals surface area contributed by atoms with Gasteiger partial charge in [0.25, 0.3) is 0 Å². The van der Waals surface area contributed by atoms with Gasteiger partial charge in [0.15, 0.2) is 5.13 Å². The topological polar surface area (TPSA) is 176 Å². The minimum atomic E-state index is -4.24. The Morgan fingerprint density at radius 2 is 1.75 bits per heavy atom. The van der Waals surface area contributed by atoms with E-state index in [0.717, 1.165) is 24.4 Å². The zero-order valence-corrected chi connectivity index (χ0v) is 41.5. The van der Waals surface area contributed by atoms with Crippen LogP contribution in [0.25, 0.3) is 5.76 Å². The molecule has 3 aliphatic carbocycles. The molecule has 1 aromatic heterocycles. The lowest BCUT2D eigenvalue weighted by Gasteiger charge is -2.35. The van der Waals surface area contributed by atoms with Crippen molar-refractivity contribution in [2.75, 3.05) is 70.2 Å². The molecule has 0 spiro atoms. The van der Waals surface area contributed by atoms with Gasteiger partial charge in [-0.25, -0.2) is 14.6 Å². The average Bonchev–Trinajstić information content (AvgIpc) is 3.95. The van der Waals surface area contributed by atoms with Crippen molar-refractivity contribution in [1.29, 1.82) is 0 Å². The number of carbonyl (C=O) groups excluding carboxylic acids is 4. The van der Waals surface area contributed by atoms with E-state index < -0.39 is 71.8 Å². The van der Waals surface area contributed by atoms with Gasteiger partial charge in [-0.3, -0.25) is 19.4 Å². The predicted octanol–water partition coefficient (Wildman–Crippen LogP) is 6.84. The number of halogens is 4. The summed E-state index contributed by atoms with van der Waals surface area (Å²) in [5, 5.41) is 15.5. The molecule has 0 bridgehead atoms. The first kappa shape index (κ1) is 50.6. The molecule has 1 aromatic carbocycles. The highest BCUT2D eigenvalue weighted by molar-refractivity contribution is 7.13. The smallest absolute Gasteiger partial charge is 0.408 e. The monoisotopic (exact) mass is 1000 g/mol. The number of carbonyl (C=O) groups is 4. The first-order chi connectivity index (χ1) is 32.6. The number of nitrogens with zero attached hydrogens (tertiary/aromatic N) is 4. The molecule has 3 saturated carbocycles. The van der Waals surface area contributed by atoms with Gasteiger partial charge in [0, 0.05) is 62.0 Å². The van der Waals surface area contributed by atoms with E-state index in [-0.39, 0.29) is 49.1 Å². The van der Waals surface area contributed by atoms with Gasteiger partial charge in [0.2, 0.25) is 11.8 Å². The molecule has 378 valence electrons. The van der Waals surface area contributed by atoms with Crippen LogP contribution >= 0.6 is 22.9 Å². The number of likely N-dealkylation sites (tertiary alicyclic amines) is 1. The first-order valence-corrected chi connectivity index (χ1v) is 25.0. The fourth-order valence-corrected chi connectivity index (χ4v) is 11.2. The van der Waals surface area contributed by atoms with Crippen molar-refractivity contribution in [3.63, 3.8) is 0 Å². The molecule has 9 atom stereocenters. The molecule has 8 rings (SSSR count). The predicted molar refractivity (Wildman–Crippen MR) is 255 cm³/mol. The number of esters is 1. The van der Waals surface area contributed by atoms with Crippen LogP contribution in [0, 0.1) is 23.2 Å². The Hall–Kier alpha value is -4.79. The van der Waals surface area contributed by atoms with E-state index in [1.54, 1.807) is 18.2 Å². The lowest BCUT2D eigenvalue weighted by atomic mass is 9.85. The van der Waals surface area contributed by atoms with Crippen molar-refractivity contribution in [2.24, 2.45) is 23.2 Å². The molecule has 0 radical (unpaired) electrons. The van der Waals surface area contributed by atoms with Gasteiger partial charge in [-0.05, 0) is 75.0 Å². The molecular formula is C48H64ClF3N8O8S. The molecule has 69 heavy (non-hydrogen) atoms. The average molecular weight is 1010 g/mol. The van der Waals surface area contributed by atoms with Crippen molar-refractivity contribution in [2.45, 2.75) is 115 Å². The van der Waals surface area contributed by atoms with Gasteiger partial charge in [0.05, 0.1) is 37.6 Å². The second kappa shape index (κ2) is 20.1. The number of fused-ring (bicyclic) bond motifs is 2. The van der Waals surface area contributed by atoms with Gasteiger partial charge in [-0.2, -0.15) is 13.2 Å². The summed E-state index contributed by atoms with van der Waals surface area (Å²) in [6.45, 7) is 14.6. The van der Waals surface area contributed by atoms with E-state index in [2.05, 4.69) is 32.7 Å². The van der Waals surface area contributed by atoms with Crippen molar-refractivity contribution < 1.29 is 51.3 Å². The van der Waals surface area contributed by atoms with Crippen molar-refractivity contribution in [3.05, 3.63) is 52.5 Å². The number of anilines is 2. The lowest BCUT2D eigenvalue weighted by Crippen LogP contribution is -2.59. The number of alkyl halides is 3. The van der Waals surface area contributed by atoms with E-state index in [1.807, 2.05) is 46.1 Å². The quantitative estimate of drug-likeness (QED) is 0.0959. The zero-order chi connectivity index (χ0) is 49.6. The van der Waals surface area contributed by atoms with Crippen LogP contribution in [-0.2, 0) is 28.6 Å². The van der Waals surface area contributed by atoms with Gasteiger partial charge in [-0.15, -0.1) is 17.9 Å². The molecule has 21 heteroatoms. The molecule has 3 aliphatic heterocycles. The maximum Gasteiger partial charge on any atom is 0.408 e. The van der Waals surface area contributed by atoms with E-state index in [0.29, 0.717) is 73.0 Å². The first-order valence-electron chi connectivity index (χ1n) is 23.8. The number of hydrogen-bond donors (Lipinski definition) is 4. The molecule has 4 N–H and O–H groups in total. The zero-order valence-electron chi connectivity index (χ0n) is 40.0. The molecule has 2 unspecified atom stereocenters. The number of piperazine rings is 1. The molecule has 3 amide bonds. The van der Waals surface area contributed by atoms with Crippen LogP contribution in [0.4, 0.5) is 28.8 Å². The Morgan fingerprint density at radius 1 is 1.04 bits per heavy atom. The van der Waals surface area contributed by atoms with Crippen LogP contribution in [-0.4, -0.2) is 145 Å². The van der Waals surface area contributed by atoms with E-state index in [4.69, 9.17) is 35.5 Å². The van der Waals surface area contributed by atoms with Gasteiger partial charge < -0.3 is 45.1 Å². The third kappa shape index (κ3) is 11.7. The van der Waals surface area contributed by atoms with Crippen molar-refractivity contribution in [3.8, 4) is 5.75 Å². The minimum Gasteiger partial charge on any atom is -0.491 e. The van der Waals surface area contributed by atoms with E-state index in [1.165, 1.54) is 28.2 Å². The Balaban J connectivity index is 1.04. The lowest BCUT2D eigenvalue weighted by molar-refractivity contribution is -0.149. The summed E-state index contributed by atoms with van der Waals surface area (Å²) in [5.41, 5.74) is -0.379. The summed E-state index contributed by atoms with van der Waals surface area (Å²) in [4.78, 5) is 65.7. The minimum absolute atomic E-state index is 0.0308. The standard InChI is InChI=1S/C48H64ClF3N8O8S/c1-8-29-22-47(29,43(63)65-7)57-41(61)35-20-31(23-60(35)42(62)40(46(4,5)6)56-45(64)68-30-18-27-17-28(27)19-30)67-37-21-33(34-24-69-44(55-34)53-26(2)3)54-39-32(37)9-10-36(38(39)49)66-16-15-58-11-13-59(14-12-58)25-48(50,51)52/h8-10,21,24,26-31,33,35,40,54H,1,11-20,22-23,25H2,2-7H3,(H,53,55)(H,56,64)(H,57,61)/t27-,28+,29-,30+,31-,33?,35+,40-,47?/m1/s1. The second-order valence-electron chi connectivity index (χ2n) is 20.6. The summed E-state index contributed by atoms with van der Waals surface area (Å²) in [7, 11) is 1.25. The second-order valence-corrected chi connectivity index (χ2v) is 21.8. The highest BCUT2D eigenvalue weighted by Gasteiger charge is 2.62. The number of hydrogen-bond acceptors (Lipinski definition) is 14. The SMILES string of the molecule is C=C[C@@H]1CC1(NC(=O)[C@@H]1C[C@@H](OC2=CC(c3csc(NC(C)C)n3)Nc3c2ccc(OCCN2CCN(CC(F)(F)F)CC2)c3Cl)CN1C(=O)[C@@H](NC(=O)O[C@@H]1C[C@@H]2C[C@@H]2C1)C(C)(C)C)C(=O)OC. The third-order valence-electron chi connectivity index (χ3n) is 14.0. The third-order valence-corrected chi connectivity index (χ3v) is 15.1. The Labute approximate surface area is 410 Å². The van der Waals surface area contributed by atoms with Crippen LogP contribution in [0.3, 0.4) is 0 Å². The maximum atomic E-state index is 14.9. The van der Waals surface area contributed by atoms with Gasteiger partial charge >= 0.3 is 18.2 Å². The molecule has 2 aromatic rings. The van der Waals surface area contributed by atoms with Crippen molar-refractivity contribution in [1.82, 2.24) is 30.3 Å². The highest BCUT2D eigenvalue weighted by Crippen LogP contribution is 2.53. The summed E-state index contributed by atoms with van der Waals surface area (Å²) in [6.07, 6.45) is 0.627. The normalized spacial score (nSPS) is 28.1. The van der Waals surface area contributed by atoms with Gasteiger partial charge in [-0.1, -0.05) is 38.4 Å². The Kier molecular flexibility index (Phi) is 14.8. The summed E-state index contributed by atoms with van der Waals surface area (Å²) < 4.78 is 62.8. The molecule has 2 saturated heterocycles. The van der Waals surface area contributed by atoms with Crippen LogP contribution in [0.5, 0.6) is 5.75 Å². The summed E-state index contributed by atoms with van der Waals surface area (Å²) >= 11 is 8.60. The summed E-state index contributed by atoms with van der Waals surface area (Å²) in [5.74, 6) is -0.130. The van der Waals surface area contributed by atoms with Crippen molar-refractivity contribution >= 4 is 63.4 Å². The molecule has 4 heterocycles. The number of nitrogens with one attached hydrogen (secondary N) is 4. The molecular weight excluding hydrogens is 941 g/mol. The van der Waals surface area contributed by atoms with Crippen LogP contribution in [0.15, 0.2) is 36.2 Å². The number of ether oxygens (including phenoxy) is 4.